The fraction of sp³-hybridized carbons (Fsp3) is 0.200. The molecular formula is C25H20F2N4O9. The van der Waals surface area contributed by atoms with Crippen LogP contribution in [0.5, 0.6) is 17.2 Å². The molecule has 0 spiro atoms. The predicted molar refractivity (Wildman–Crippen MR) is 135 cm³/mol. The van der Waals surface area contributed by atoms with Crippen LogP contribution in [0.1, 0.15) is 34.0 Å². The summed E-state index contributed by atoms with van der Waals surface area (Å²) in [7, 11) is 2.78. The van der Waals surface area contributed by atoms with Crippen LogP contribution in [-0.4, -0.2) is 42.4 Å². The van der Waals surface area contributed by atoms with Gasteiger partial charge in [0.15, 0.2) is 11.5 Å². The van der Waals surface area contributed by atoms with E-state index in [1.165, 1.54) is 38.5 Å². The van der Waals surface area contributed by atoms with E-state index in [9.17, 15) is 33.8 Å². The molecule has 0 bridgehead atoms. The highest BCUT2D eigenvalue weighted by molar-refractivity contribution is 6.03. The molecule has 40 heavy (non-hydrogen) atoms. The first kappa shape index (κ1) is 27.7. The number of rotatable bonds is 11. The second kappa shape index (κ2) is 11.6. The highest BCUT2D eigenvalue weighted by Gasteiger charge is 2.36. The number of carbonyl (C=O) groups excluding carboxylic acids is 1. The number of hydrazone groups is 1. The summed E-state index contributed by atoms with van der Waals surface area (Å²) in [5.74, 6) is -0.296. The Morgan fingerprint density at radius 1 is 1.05 bits per heavy atom. The van der Waals surface area contributed by atoms with Crippen molar-refractivity contribution in [1.82, 2.24) is 0 Å². The number of ether oxygens (including phenoxy) is 4. The van der Waals surface area contributed by atoms with Gasteiger partial charge in [-0.2, -0.15) is 13.9 Å². The van der Waals surface area contributed by atoms with E-state index in [4.69, 9.17) is 14.2 Å². The monoisotopic (exact) mass is 558 g/mol. The molecule has 13 nitrogen and oxygen atoms in total. The number of alkyl halides is 2. The lowest BCUT2D eigenvalue weighted by Crippen LogP contribution is -2.12. The number of non-ortho nitro benzene ring substituents is 1. The molecule has 4 rings (SSSR count). The third-order valence-corrected chi connectivity index (χ3v) is 5.87. The molecule has 3 aromatic rings. The minimum absolute atomic E-state index is 0.0585. The summed E-state index contributed by atoms with van der Waals surface area (Å²) in [5.41, 5.74) is 2.51. The average molecular weight is 558 g/mol. The zero-order valence-electron chi connectivity index (χ0n) is 20.8. The van der Waals surface area contributed by atoms with E-state index in [0.29, 0.717) is 16.9 Å². The number of methoxy groups -OCH3 is 2. The first-order valence-electron chi connectivity index (χ1n) is 11.4. The summed E-state index contributed by atoms with van der Waals surface area (Å²) in [6, 6.07) is 11.6. The van der Waals surface area contributed by atoms with E-state index in [-0.39, 0.29) is 34.9 Å². The summed E-state index contributed by atoms with van der Waals surface area (Å²) in [6.45, 7) is -3.04. The van der Waals surface area contributed by atoms with Crippen molar-refractivity contribution in [1.29, 1.82) is 0 Å². The lowest BCUT2D eigenvalue weighted by atomic mass is 9.97. The molecule has 1 atom stereocenters. The number of anilines is 1. The van der Waals surface area contributed by atoms with Crippen molar-refractivity contribution in [2.45, 2.75) is 19.1 Å². The molecule has 0 aliphatic carbocycles. The van der Waals surface area contributed by atoms with Gasteiger partial charge < -0.3 is 18.9 Å². The summed E-state index contributed by atoms with van der Waals surface area (Å²) in [4.78, 5) is 33.8. The minimum atomic E-state index is -3.04. The molecule has 0 saturated carbocycles. The van der Waals surface area contributed by atoms with Gasteiger partial charge in [-0.1, -0.05) is 6.07 Å². The van der Waals surface area contributed by atoms with E-state index >= 15 is 0 Å². The maximum atomic E-state index is 12.7. The van der Waals surface area contributed by atoms with Gasteiger partial charge in [-0.05, 0) is 42.0 Å². The van der Waals surface area contributed by atoms with Gasteiger partial charge in [-0.25, -0.2) is 4.79 Å². The zero-order chi connectivity index (χ0) is 29.0. The van der Waals surface area contributed by atoms with Crippen molar-refractivity contribution in [3.8, 4) is 17.2 Å². The summed E-state index contributed by atoms with van der Waals surface area (Å²) >= 11 is 0. The van der Waals surface area contributed by atoms with Gasteiger partial charge in [0.2, 0.25) is 0 Å². The van der Waals surface area contributed by atoms with Crippen molar-refractivity contribution in [2.75, 3.05) is 19.6 Å². The van der Waals surface area contributed by atoms with Crippen molar-refractivity contribution in [3.63, 3.8) is 0 Å². The largest absolute Gasteiger partial charge is 0.493 e. The van der Waals surface area contributed by atoms with Gasteiger partial charge in [-0.3, -0.25) is 25.7 Å². The molecule has 1 aliphatic rings. The van der Waals surface area contributed by atoms with E-state index in [1.807, 2.05) is 0 Å². The second-order valence-electron chi connectivity index (χ2n) is 8.15. The summed E-state index contributed by atoms with van der Waals surface area (Å²) < 4.78 is 45.8. The second-order valence-corrected chi connectivity index (χ2v) is 8.15. The Morgan fingerprint density at radius 2 is 1.77 bits per heavy atom. The molecular weight excluding hydrogens is 538 g/mol. The molecule has 1 heterocycles. The van der Waals surface area contributed by atoms with Crippen LogP contribution in [0.3, 0.4) is 0 Å². The van der Waals surface area contributed by atoms with Crippen LogP contribution >= 0.6 is 0 Å². The number of hydrogen-bond donors (Lipinski definition) is 1. The number of halogens is 2. The molecule has 1 N–H and O–H groups in total. The Labute approximate surface area is 224 Å². The highest BCUT2D eigenvalue weighted by atomic mass is 19.3. The van der Waals surface area contributed by atoms with E-state index in [2.05, 4.69) is 15.3 Å². The number of nitrogens with one attached hydrogen (secondary N) is 1. The molecule has 0 aromatic heterocycles. The quantitative estimate of drug-likeness (QED) is 0.142. The summed E-state index contributed by atoms with van der Waals surface area (Å²) in [6.07, 6.45) is -0.927. The topological polar surface area (TPSA) is 165 Å². The minimum Gasteiger partial charge on any atom is -0.493 e. The SMILES string of the molecule is COc1ccc2c(c1OC)C(=O)OC2CC(=NNc1ccc([N+](=O)[O-])cc1[N+](=O)[O-])c1ccc(OC(F)F)cc1. The van der Waals surface area contributed by atoms with E-state index in [0.717, 1.165) is 18.2 Å². The first-order valence-corrected chi connectivity index (χ1v) is 11.4. The van der Waals surface area contributed by atoms with Crippen molar-refractivity contribution >= 4 is 28.7 Å². The third kappa shape index (κ3) is 5.72. The van der Waals surface area contributed by atoms with Crippen LogP contribution in [0.25, 0.3) is 0 Å². The smallest absolute Gasteiger partial charge is 0.387 e. The van der Waals surface area contributed by atoms with Gasteiger partial charge in [0.05, 0.1) is 35.8 Å². The normalized spacial score (nSPS) is 14.4. The summed E-state index contributed by atoms with van der Waals surface area (Å²) in [5, 5.41) is 26.9. The third-order valence-electron chi connectivity index (χ3n) is 5.87. The molecule has 1 aliphatic heterocycles. The number of benzene rings is 3. The van der Waals surface area contributed by atoms with E-state index < -0.39 is 39.9 Å². The average Bonchev–Trinajstić information content (AvgIpc) is 3.25. The van der Waals surface area contributed by atoms with Gasteiger partial charge in [-0.15, -0.1) is 0 Å². The molecule has 0 saturated heterocycles. The maximum absolute atomic E-state index is 12.7. The Hall–Kier alpha value is -5.34. The van der Waals surface area contributed by atoms with E-state index in [1.54, 1.807) is 12.1 Å². The number of nitro groups is 2. The predicted octanol–water partition coefficient (Wildman–Crippen LogP) is 5.24. The van der Waals surface area contributed by atoms with Crippen LogP contribution < -0.4 is 19.6 Å². The van der Waals surface area contributed by atoms with Crippen molar-refractivity contribution in [2.24, 2.45) is 5.10 Å². The lowest BCUT2D eigenvalue weighted by Gasteiger charge is -2.15. The van der Waals surface area contributed by atoms with Crippen LogP contribution in [0.15, 0.2) is 59.7 Å². The molecule has 3 aromatic carbocycles. The van der Waals surface area contributed by atoms with Gasteiger partial charge in [0, 0.05) is 18.1 Å². The number of nitrogens with zero attached hydrogens (tertiary/aromatic N) is 3. The lowest BCUT2D eigenvalue weighted by molar-refractivity contribution is -0.393. The first-order chi connectivity index (χ1) is 19.1. The molecule has 208 valence electrons. The molecule has 15 heteroatoms. The number of carbonyl (C=O) groups is 1. The van der Waals surface area contributed by atoms with Gasteiger partial charge in [0.25, 0.3) is 5.69 Å². The number of cyclic esters (lactones) is 1. The number of esters is 1. The molecule has 0 amide bonds. The van der Waals surface area contributed by atoms with Crippen molar-refractivity contribution in [3.05, 3.63) is 91.5 Å². The number of fused-ring (bicyclic) bond motifs is 1. The number of nitro benzene ring substituents is 2. The van der Waals surface area contributed by atoms with Crippen molar-refractivity contribution < 1.29 is 42.4 Å². The molecule has 0 radical (unpaired) electrons. The Balaban J connectivity index is 1.73. The zero-order valence-corrected chi connectivity index (χ0v) is 20.8. The maximum Gasteiger partial charge on any atom is 0.387 e. The van der Waals surface area contributed by atoms with Gasteiger partial charge in [0.1, 0.15) is 23.1 Å². The fourth-order valence-electron chi connectivity index (χ4n) is 4.06. The van der Waals surface area contributed by atoms with Gasteiger partial charge >= 0.3 is 18.3 Å². The molecule has 0 fully saturated rings. The fourth-order valence-corrected chi connectivity index (χ4v) is 4.06. The van der Waals surface area contributed by atoms with Crippen LogP contribution in [-0.2, 0) is 4.74 Å². The Bertz CT molecular complexity index is 1500. The Morgan fingerprint density at radius 3 is 2.38 bits per heavy atom. The van der Waals surface area contributed by atoms with Crippen LogP contribution in [0.2, 0.25) is 0 Å². The Kier molecular flexibility index (Phi) is 8.02. The van der Waals surface area contributed by atoms with Crippen LogP contribution in [0.4, 0.5) is 25.8 Å². The molecule has 1 unspecified atom stereocenters. The standard InChI is InChI=1S/C25H20F2N4O9/c1-37-20-10-8-16-21(40-24(32)22(16)23(20)38-2)12-18(13-3-6-15(7-4-13)39-25(26)27)29-28-17-9-5-14(30(33)34)11-19(17)31(35)36/h3-11,21,25,28H,12H2,1-2H3. The van der Waals surface area contributed by atoms with Crippen LogP contribution in [0, 0.1) is 20.2 Å². The highest BCUT2D eigenvalue weighted by Crippen LogP contribution is 2.43. The number of hydrogen-bond acceptors (Lipinski definition) is 11.